The van der Waals surface area contributed by atoms with Crippen LogP contribution < -0.4 is 10.6 Å². The Labute approximate surface area is 165 Å². The molecule has 1 aliphatic carbocycles. The van der Waals surface area contributed by atoms with Crippen LogP contribution in [0.2, 0.25) is 5.02 Å². The molecule has 27 heavy (non-hydrogen) atoms. The largest absolute Gasteiger partial charge is 0.354 e. The van der Waals surface area contributed by atoms with Crippen molar-refractivity contribution >= 4 is 45.0 Å². The highest BCUT2D eigenvalue weighted by Gasteiger charge is 2.29. The molecule has 0 saturated heterocycles. The number of carbonyl (C=O) groups is 2. The van der Waals surface area contributed by atoms with E-state index in [1.807, 2.05) is 41.9 Å². The number of carbonyl (C=O) groups excluding carboxylic acids is 2. The molecule has 4 rings (SSSR count). The minimum Gasteiger partial charge on any atom is -0.354 e. The van der Waals surface area contributed by atoms with Gasteiger partial charge in [-0.15, -0.1) is 11.3 Å². The Morgan fingerprint density at radius 1 is 1.26 bits per heavy atom. The minimum atomic E-state index is -0.145. The lowest BCUT2D eigenvalue weighted by Gasteiger charge is -2.05. The monoisotopic (exact) mass is 402 g/mol. The molecule has 1 aromatic carbocycles. The molecule has 0 bridgehead atoms. The zero-order chi connectivity index (χ0) is 19.0. The van der Waals surface area contributed by atoms with E-state index >= 15 is 0 Å². The van der Waals surface area contributed by atoms with Gasteiger partial charge in [0.1, 0.15) is 4.83 Å². The van der Waals surface area contributed by atoms with Gasteiger partial charge in [0, 0.05) is 29.4 Å². The number of hydrogen-bond donors (Lipinski definition) is 2. The Kier molecular flexibility index (Phi) is 4.88. The number of aryl methyl sites for hydroxylation is 1. The third-order valence-corrected chi connectivity index (χ3v) is 5.82. The van der Waals surface area contributed by atoms with Gasteiger partial charge in [-0.25, -0.2) is 4.68 Å². The first-order valence-electron chi connectivity index (χ1n) is 8.84. The Hall–Kier alpha value is -2.38. The van der Waals surface area contributed by atoms with Gasteiger partial charge in [0.2, 0.25) is 5.91 Å². The number of amides is 2. The van der Waals surface area contributed by atoms with Crippen LogP contribution in [0.1, 0.15) is 28.2 Å². The number of nitrogens with zero attached hydrogens (tertiary/aromatic N) is 2. The van der Waals surface area contributed by atoms with Crippen molar-refractivity contribution in [3.63, 3.8) is 0 Å². The molecule has 0 radical (unpaired) electrons. The predicted molar refractivity (Wildman–Crippen MR) is 107 cm³/mol. The number of aromatic nitrogens is 2. The van der Waals surface area contributed by atoms with Crippen molar-refractivity contribution in [3.05, 3.63) is 45.9 Å². The molecule has 1 fully saturated rings. The molecule has 2 aromatic heterocycles. The molecule has 2 N–H and O–H groups in total. The van der Waals surface area contributed by atoms with Crippen LogP contribution in [0, 0.1) is 12.8 Å². The molecular formula is C19H19ClN4O2S. The summed E-state index contributed by atoms with van der Waals surface area (Å²) in [7, 11) is 0. The molecule has 2 heterocycles. The number of fused-ring (bicyclic) bond motifs is 1. The fourth-order valence-electron chi connectivity index (χ4n) is 2.88. The van der Waals surface area contributed by atoms with E-state index in [4.69, 9.17) is 11.6 Å². The second-order valence-electron chi connectivity index (χ2n) is 6.63. The number of benzene rings is 1. The summed E-state index contributed by atoms with van der Waals surface area (Å²) in [6.45, 7) is 2.78. The van der Waals surface area contributed by atoms with Crippen molar-refractivity contribution in [2.75, 3.05) is 13.1 Å². The minimum absolute atomic E-state index is 0.0864. The van der Waals surface area contributed by atoms with E-state index < -0.39 is 0 Å². The van der Waals surface area contributed by atoms with Gasteiger partial charge in [-0.1, -0.05) is 17.7 Å². The second kappa shape index (κ2) is 7.32. The molecule has 140 valence electrons. The lowest BCUT2D eigenvalue weighted by atomic mass is 10.3. The lowest BCUT2D eigenvalue weighted by Crippen LogP contribution is -2.35. The third kappa shape index (κ3) is 3.84. The average Bonchev–Trinajstić information content (AvgIpc) is 3.33. The van der Waals surface area contributed by atoms with Gasteiger partial charge >= 0.3 is 0 Å². The Balaban J connectivity index is 1.47. The van der Waals surface area contributed by atoms with E-state index in [2.05, 4.69) is 15.7 Å². The standard InChI is InChI=1S/C19H19ClN4O2S/c1-11-15-10-16(18(26)22-8-7-21-17(25)12-5-6-12)27-19(15)24(23-11)14-4-2-3-13(20)9-14/h2-4,9-10,12H,5-8H2,1H3,(H,21,25)(H,22,26). The first-order chi connectivity index (χ1) is 13.0. The molecule has 8 heteroatoms. The molecule has 0 atom stereocenters. The van der Waals surface area contributed by atoms with Gasteiger partial charge in [-0.3, -0.25) is 9.59 Å². The molecule has 0 aliphatic heterocycles. The van der Waals surface area contributed by atoms with Gasteiger partial charge in [-0.2, -0.15) is 5.10 Å². The highest BCUT2D eigenvalue weighted by molar-refractivity contribution is 7.20. The average molecular weight is 403 g/mol. The normalized spacial score (nSPS) is 13.7. The zero-order valence-corrected chi connectivity index (χ0v) is 16.4. The zero-order valence-electron chi connectivity index (χ0n) is 14.8. The van der Waals surface area contributed by atoms with Crippen LogP contribution in [0.3, 0.4) is 0 Å². The van der Waals surface area contributed by atoms with Crippen molar-refractivity contribution in [2.45, 2.75) is 19.8 Å². The van der Waals surface area contributed by atoms with Crippen LogP contribution in [0.15, 0.2) is 30.3 Å². The van der Waals surface area contributed by atoms with Crippen LogP contribution in [0.4, 0.5) is 0 Å². The van der Waals surface area contributed by atoms with E-state index in [1.165, 1.54) is 11.3 Å². The fourth-order valence-corrected chi connectivity index (χ4v) is 4.16. The summed E-state index contributed by atoms with van der Waals surface area (Å²) in [5.74, 6) is 0.123. The van der Waals surface area contributed by atoms with E-state index in [0.717, 1.165) is 34.4 Å². The van der Waals surface area contributed by atoms with Crippen molar-refractivity contribution in [2.24, 2.45) is 5.92 Å². The molecule has 0 spiro atoms. The van der Waals surface area contributed by atoms with Crippen LogP contribution >= 0.6 is 22.9 Å². The smallest absolute Gasteiger partial charge is 0.261 e. The van der Waals surface area contributed by atoms with Gasteiger partial charge in [0.15, 0.2) is 0 Å². The van der Waals surface area contributed by atoms with E-state index in [1.54, 1.807) is 0 Å². The topological polar surface area (TPSA) is 76.0 Å². The van der Waals surface area contributed by atoms with Gasteiger partial charge in [-0.05, 0) is 44.0 Å². The Morgan fingerprint density at radius 3 is 2.78 bits per heavy atom. The van der Waals surface area contributed by atoms with Crippen molar-refractivity contribution in [1.29, 1.82) is 0 Å². The quantitative estimate of drug-likeness (QED) is 0.621. The number of hydrogen-bond acceptors (Lipinski definition) is 4. The second-order valence-corrected chi connectivity index (χ2v) is 8.09. The number of halogens is 1. The fraction of sp³-hybridized carbons (Fsp3) is 0.316. The molecule has 0 unspecified atom stereocenters. The molecule has 1 saturated carbocycles. The first kappa shape index (κ1) is 18.0. The highest BCUT2D eigenvalue weighted by Crippen LogP contribution is 2.31. The number of nitrogens with one attached hydrogen (secondary N) is 2. The van der Waals surface area contributed by atoms with Crippen LogP contribution in [0.5, 0.6) is 0 Å². The maximum absolute atomic E-state index is 12.5. The highest BCUT2D eigenvalue weighted by atomic mass is 35.5. The summed E-state index contributed by atoms with van der Waals surface area (Å²) in [5.41, 5.74) is 1.72. The van der Waals surface area contributed by atoms with Crippen molar-refractivity contribution < 1.29 is 9.59 Å². The molecule has 3 aromatic rings. The SMILES string of the molecule is Cc1nn(-c2cccc(Cl)c2)c2sc(C(=O)NCCNC(=O)C3CC3)cc12. The van der Waals surface area contributed by atoms with Crippen LogP contribution in [-0.4, -0.2) is 34.7 Å². The van der Waals surface area contributed by atoms with Crippen molar-refractivity contribution in [3.8, 4) is 5.69 Å². The predicted octanol–water partition coefficient (Wildman–Crippen LogP) is 3.30. The van der Waals surface area contributed by atoms with Crippen LogP contribution in [-0.2, 0) is 4.79 Å². The maximum Gasteiger partial charge on any atom is 0.261 e. The summed E-state index contributed by atoms with van der Waals surface area (Å²) >= 11 is 7.48. The van der Waals surface area contributed by atoms with E-state index in [9.17, 15) is 9.59 Å². The third-order valence-electron chi connectivity index (χ3n) is 4.48. The first-order valence-corrected chi connectivity index (χ1v) is 10.0. The Morgan fingerprint density at radius 2 is 2.04 bits per heavy atom. The summed E-state index contributed by atoms with van der Waals surface area (Å²) in [5, 5.41) is 11.9. The van der Waals surface area contributed by atoms with E-state index in [-0.39, 0.29) is 17.7 Å². The molecule has 6 nitrogen and oxygen atoms in total. The maximum atomic E-state index is 12.5. The van der Waals surface area contributed by atoms with Crippen molar-refractivity contribution in [1.82, 2.24) is 20.4 Å². The van der Waals surface area contributed by atoms with Gasteiger partial charge in [0.25, 0.3) is 5.91 Å². The van der Waals surface area contributed by atoms with E-state index in [0.29, 0.717) is 23.0 Å². The summed E-state index contributed by atoms with van der Waals surface area (Å²) in [6, 6.07) is 9.32. The number of rotatable bonds is 6. The molecule has 2 amide bonds. The Bertz CT molecular complexity index is 1020. The van der Waals surface area contributed by atoms with Crippen LogP contribution in [0.25, 0.3) is 15.9 Å². The summed E-state index contributed by atoms with van der Waals surface area (Å²) < 4.78 is 1.81. The molecular weight excluding hydrogens is 384 g/mol. The summed E-state index contributed by atoms with van der Waals surface area (Å²) in [6.07, 6.45) is 1.95. The van der Waals surface area contributed by atoms with Gasteiger partial charge in [0.05, 0.1) is 16.3 Å². The molecule has 1 aliphatic rings. The lowest BCUT2D eigenvalue weighted by molar-refractivity contribution is -0.122. The summed E-state index contributed by atoms with van der Waals surface area (Å²) in [4.78, 5) is 25.6. The van der Waals surface area contributed by atoms with Gasteiger partial charge < -0.3 is 10.6 Å². The number of thiophene rings is 1.